The SMILES string of the molecule is CNCc1ccc(N2CCOCC2CO)c(F)c1. The fourth-order valence-electron chi connectivity index (χ4n) is 2.22. The molecule has 0 spiro atoms. The molecular weight excluding hydrogens is 235 g/mol. The Bertz CT molecular complexity index is 401. The molecule has 5 heteroatoms. The first-order chi connectivity index (χ1) is 8.76. The summed E-state index contributed by atoms with van der Waals surface area (Å²) >= 11 is 0. The van der Waals surface area contributed by atoms with Crippen molar-refractivity contribution in [3.8, 4) is 0 Å². The first-order valence-corrected chi connectivity index (χ1v) is 6.14. The van der Waals surface area contributed by atoms with Gasteiger partial charge in [-0.15, -0.1) is 0 Å². The molecule has 2 N–H and O–H groups in total. The van der Waals surface area contributed by atoms with Crippen LogP contribution in [-0.2, 0) is 11.3 Å². The number of halogens is 1. The van der Waals surface area contributed by atoms with Crippen molar-refractivity contribution in [2.75, 3.05) is 38.3 Å². The van der Waals surface area contributed by atoms with Crippen molar-refractivity contribution in [3.05, 3.63) is 29.6 Å². The maximum Gasteiger partial charge on any atom is 0.146 e. The van der Waals surface area contributed by atoms with Crippen molar-refractivity contribution in [1.82, 2.24) is 5.32 Å². The zero-order chi connectivity index (χ0) is 13.0. The lowest BCUT2D eigenvalue weighted by atomic mass is 10.1. The summed E-state index contributed by atoms with van der Waals surface area (Å²) < 4.78 is 19.4. The molecule has 4 nitrogen and oxygen atoms in total. The number of nitrogens with zero attached hydrogens (tertiary/aromatic N) is 1. The normalized spacial score (nSPS) is 20.2. The maximum atomic E-state index is 14.1. The predicted molar refractivity (Wildman–Crippen MR) is 68.2 cm³/mol. The van der Waals surface area contributed by atoms with Crippen molar-refractivity contribution in [2.24, 2.45) is 0 Å². The second-order valence-electron chi connectivity index (χ2n) is 4.42. The lowest BCUT2D eigenvalue weighted by Gasteiger charge is -2.36. The average molecular weight is 254 g/mol. The molecule has 0 aliphatic carbocycles. The molecule has 1 heterocycles. The summed E-state index contributed by atoms with van der Waals surface area (Å²) in [5.41, 5.74) is 1.45. The van der Waals surface area contributed by atoms with Gasteiger partial charge in [0.1, 0.15) is 5.82 Å². The lowest BCUT2D eigenvalue weighted by Crippen LogP contribution is -2.48. The number of anilines is 1. The van der Waals surface area contributed by atoms with Gasteiger partial charge in [0.25, 0.3) is 0 Å². The van der Waals surface area contributed by atoms with Crippen LogP contribution in [0.5, 0.6) is 0 Å². The molecule has 1 fully saturated rings. The van der Waals surface area contributed by atoms with Crippen molar-refractivity contribution in [2.45, 2.75) is 12.6 Å². The molecule has 0 amide bonds. The number of hydrogen-bond acceptors (Lipinski definition) is 4. The number of benzene rings is 1. The molecule has 1 saturated heterocycles. The number of aliphatic hydroxyl groups excluding tert-OH is 1. The Morgan fingerprint density at radius 1 is 1.56 bits per heavy atom. The van der Waals surface area contributed by atoms with E-state index >= 15 is 0 Å². The largest absolute Gasteiger partial charge is 0.394 e. The fraction of sp³-hybridized carbons (Fsp3) is 0.538. The second kappa shape index (κ2) is 6.13. The minimum absolute atomic E-state index is 0.0301. The number of ether oxygens (including phenoxy) is 1. The summed E-state index contributed by atoms with van der Waals surface area (Å²) in [6.45, 7) is 2.22. The zero-order valence-corrected chi connectivity index (χ0v) is 10.5. The molecule has 1 atom stereocenters. The zero-order valence-electron chi connectivity index (χ0n) is 10.5. The number of nitrogens with one attached hydrogen (secondary N) is 1. The Balaban J connectivity index is 2.21. The third-order valence-corrected chi connectivity index (χ3v) is 3.14. The van der Waals surface area contributed by atoms with E-state index in [1.54, 1.807) is 6.07 Å². The molecule has 1 aliphatic rings. The van der Waals surface area contributed by atoms with Crippen LogP contribution in [0.25, 0.3) is 0 Å². The topological polar surface area (TPSA) is 44.7 Å². The van der Waals surface area contributed by atoms with Crippen LogP contribution in [0, 0.1) is 5.82 Å². The van der Waals surface area contributed by atoms with Crippen LogP contribution >= 0.6 is 0 Å². The van der Waals surface area contributed by atoms with Crippen LogP contribution in [-0.4, -0.2) is 44.6 Å². The molecule has 18 heavy (non-hydrogen) atoms. The summed E-state index contributed by atoms with van der Waals surface area (Å²) in [4.78, 5) is 1.88. The van der Waals surface area contributed by atoms with E-state index in [0.29, 0.717) is 32.0 Å². The van der Waals surface area contributed by atoms with E-state index in [4.69, 9.17) is 4.74 Å². The number of hydrogen-bond donors (Lipinski definition) is 2. The van der Waals surface area contributed by atoms with E-state index < -0.39 is 0 Å². The standard InChI is InChI=1S/C13H19FN2O2/c1-15-7-10-2-3-13(12(14)6-10)16-4-5-18-9-11(16)8-17/h2-3,6,11,15,17H,4-5,7-9H2,1H3. The summed E-state index contributed by atoms with van der Waals surface area (Å²) in [6, 6.07) is 5.05. The molecule has 1 aromatic carbocycles. The molecule has 0 aromatic heterocycles. The second-order valence-corrected chi connectivity index (χ2v) is 4.42. The van der Waals surface area contributed by atoms with E-state index in [1.165, 1.54) is 6.07 Å². The summed E-state index contributed by atoms with van der Waals surface area (Å²) in [7, 11) is 1.83. The van der Waals surface area contributed by atoms with Gasteiger partial charge in [0.05, 0.1) is 31.5 Å². The minimum atomic E-state index is -0.247. The molecule has 1 unspecified atom stereocenters. The van der Waals surface area contributed by atoms with Crippen LogP contribution in [0.3, 0.4) is 0 Å². The Kier molecular flexibility index (Phi) is 4.52. The highest BCUT2D eigenvalue weighted by Crippen LogP contribution is 2.24. The first kappa shape index (κ1) is 13.3. The van der Waals surface area contributed by atoms with Gasteiger partial charge < -0.3 is 20.1 Å². The van der Waals surface area contributed by atoms with Crippen molar-refractivity contribution in [1.29, 1.82) is 0 Å². The van der Waals surface area contributed by atoms with Gasteiger partial charge in [-0.2, -0.15) is 0 Å². The van der Waals surface area contributed by atoms with Gasteiger partial charge in [0, 0.05) is 13.1 Å². The predicted octanol–water partition coefficient (Wildman–Crippen LogP) is 0.743. The summed E-state index contributed by atoms with van der Waals surface area (Å²) in [5.74, 6) is -0.247. The number of rotatable bonds is 4. The number of aliphatic hydroxyl groups is 1. The Morgan fingerprint density at radius 2 is 2.39 bits per heavy atom. The highest BCUT2D eigenvalue weighted by atomic mass is 19.1. The Morgan fingerprint density at radius 3 is 3.06 bits per heavy atom. The molecule has 2 rings (SSSR count). The van der Waals surface area contributed by atoms with Crippen molar-refractivity contribution in [3.63, 3.8) is 0 Å². The van der Waals surface area contributed by atoms with E-state index in [-0.39, 0.29) is 18.5 Å². The van der Waals surface area contributed by atoms with Gasteiger partial charge in [-0.3, -0.25) is 0 Å². The maximum absolute atomic E-state index is 14.1. The number of morpholine rings is 1. The molecule has 1 aromatic rings. The van der Waals surface area contributed by atoms with Crippen LogP contribution in [0.1, 0.15) is 5.56 Å². The van der Waals surface area contributed by atoms with Gasteiger partial charge in [0.15, 0.2) is 0 Å². The van der Waals surface area contributed by atoms with Gasteiger partial charge in [-0.25, -0.2) is 4.39 Å². The average Bonchev–Trinajstić information content (AvgIpc) is 2.39. The highest BCUT2D eigenvalue weighted by molar-refractivity contribution is 5.50. The van der Waals surface area contributed by atoms with E-state index in [1.807, 2.05) is 18.0 Å². The molecule has 0 bridgehead atoms. The molecule has 0 radical (unpaired) electrons. The van der Waals surface area contributed by atoms with Crippen LogP contribution in [0.4, 0.5) is 10.1 Å². The van der Waals surface area contributed by atoms with Gasteiger partial charge in [-0.05, 0) is 24.7 Å². The fourth-order valence-corrected chi connectivity index (χ4v) is 2.22. The first-order valence-electron chi connectivity index (χ1n) is 6.14. The van der Waals surface area contributed by atoms with E-state index in [2.05, 4.69) is 5.32 Å². The Labute approximate surface area is 106 Å². The summed E-state index contributed by atoms with van der Waals surface area (Å²) in [6.07, 6.45) is 0. The van der Waals surface area contributed by atoms with Crippen LogP contribution in [0.15, 0.2) is 18.2 Å². The van der Waals surface area contributed by atoms with Crippen LogP contribution < -0.4 is 10.2 Å². The smallest absolute Gasteiger partial charge is 0.146 e. The summed E-state index contributed by atoms with van der Waals surface area (Å²) in [5, 5.41) is 12.3. The van der Waals surface area contributed by atoms with Gasteiger partial charge in [-0.1, -0.05) is 6.07 Å². The van der Waals surface area contributed by atoms with Crippen LogP contribution in [0.2, 0.25) is 0 Å². The van der Waals surface area contributed by atoms with E-state index in [0.717, 1.165) is 5.56 Å². The van der Waals surface area contributed by atoms with Crippen molar-refractivity contribution >= 4 is 5.69 Å². The third-order valence-electron chi connectivity index (χ3n) is 3.14. The highest BCUT2D eigenvalue weighted by Gasteiger charge is 2.24. The molecule has 100 valence electrons. The Hall–Kier alpha value is -1.17. The monoisotopic (exact) mass is 254 g/mol. The van der Waals surface area contributed by atoms with Gasteiger partial charge >= 0.3 is 0 Å². The van der Waals surface area contributed by atoms with E-state index in [9.17, 15) is 9.50 Å². The molecule has 1 aliphatic heterocycles. The van der Waals surface area contributed by atoms with Crippen molar-refractivity contribution < 1.29 is 14.2 Å². The van der Waals surface area contributed by atoms with Gasteiger partial charge in [0.2, 0.25) is 0 Å². The lowest BCUT2D eigenvalue weighted by molar-refractivity contribution is 0.0723. The molecule has 0 saturated carbocycles. The molecular formula is C13H19FN2O2. The quantitative estimate of drug-likeness (QED) is 0.832. The third kappa shape index (κ3) is 2.80. The minimum Gasteiger partial charge on any atom is -0.394 e.